The van der Waals surface area contributed by atoms with Gasteiger partial charge in [0.05, 0.1) is 26.4 Å². The number of benzene rings is 2. The van der Waals surface area contributed by atoms with Gasteiger partial charge in [0, 0.05) is 18.7 Å². The molecule has 2 heterocycles. The van der Waals surface area contributed by atoms with E-state index in [4.69, 9.17) is 18.9 Å². The Hall–Kier alpha value is -2.73. The second-order valence-electron chi connectivity index (χ2n) is 7.80. The van der Waals surface area contributed by atoms with E-state index in [1.165, 1.54) is 5.56 Å². The van der Waals surface area contributed by atoms with Crippen molar-refractivity contribution in [2.45, 2.75) is 38.3 Å². The van der Waals surface area contributed by atoms with Crippen LogP contribution in [0.1, 0.15) is 47.3 Å². The highest BCUT2D eigenvalue weighted by Gasteiger charge is 2.29. The maximum absolute atomic E-state index is 13.2. The Morgan fingerprint density at radius 3 is 2.53 bits per heavy atom. The summed E-state index contributed by atoms with van der Waals surface area (Å²) in [5.74, 6) is 2.19. The molecule has 1 fully saturated rings. The third-order valence-corrected chi connectivity index (χ3v) is 6.01. The van der Waals surface area contributed by atoms with Gasteiger partial charge in [0.2, 0.25) is 0 Å². The molecule has 4 rings (SSSR count). The van der Waals surface area contributed by atoms with E-state index in [0.717, 1.165) is 42.9 Å². The second-order valence-corrected chi connectivity index (χ2v) is 7.80. The Morgan fingerprint density at radius 2 is 1.87 bits per heavy atom. The van der Waals surface area contributed by atoms with Gasteiger partial charge in [0.1, 0.15) is 12.4 Å². The van der Waals surface area contributed by atoms with Gasteiger partial charge in [-0.25, -0.2) is 0 Å². The van der Waals surface area contributed by atoms with Gasteiger partial charge < -0.3 is 23.8 Å². The van der Waals surface area contributed by atoms with Gasteiger partial charge in [-0.1, -0.05) is 0 Å². The zero-order chi connectivity index (χ0) is 21.1. The van der Waals surface area contributed by atoms with Crippen LogP contribution in [0.5, 0.6) is 17.2 Å². The molecule has 2 aliphatic rings. The lowest BCUT2D eigenvalue weighted by atomic mass is 9.92. The third-order valence-electron chi connectivity index (χ3n) is 6.01. The average molecular weight is 411 g/mol. The number of nitrogens with zero attached hydrogens (tertiary/aromatic N) is 1. The van der Waals surface area contributed by atoms with Crippen LogP contribution in [0.4, 0.5) is 0 Å². The minimum Gasteiger partial charge on any atom is -0.493 e. The fourth-order valence-corrected chi connectivity index (χ4v) is 4.25. The van der Waals surface area contributed by atoms with Gasteiger partial charge in [0.15, 0.2) is 11.5 Å². The van der Waals surface area contributed by atoms with E-state index in [0.29, 0.717) is 24.5 Å². The summed E-state index contributed by atoms with van der Waals surface area (Å²) < 4.78 is 22.3. The molecule has 0 spiro atoms. The minimum absolute atomic E-state index is 0.0219. The highest BCUT2D eigenvalue weighted by molar-refractivity contribution is 5.94. The highest BCUT2D eigenvalue weighted by atomic mass is 16.5. The van der Waals surface area contributed by atoms with Crippen LogP contribution in [0.25, 0.3) is 0 Å². The summed E-state index contributed by atoms with van der Waals surface area (Å²) >= 11 is 0. The fraction of sp³-hybridized carbons (Fsp3) is 0.458. The molecule has 6 heteroatoms. The number of carbonyl (C=O) groups is 1. The molecule has 1 saturated heterocycles. The lowest BCUT2D eigenvalue weighted by Crippen LogP contribution is -2.38. The summed E-state index contributed by atoms with van der Waals surface area (Å²) in [7, 11) is 3.27. The number of methoxy groups -OCH3 is 2. The molecule has 0 unspecified atom stereocenters. The predicted molar refractivity (Wildman–Crippen MR) is 114 cm³/mol. The second kappa shape index (κ2) is 8.96. The number of fused-ring (bicyclic) bond motifs is 1. The average Bonchev–Trinajstić information content (AvgIpc) is 3.31. The predicted octanol–water partition coefficient (Wildman–Crippen LogP) is 4.02. The summed E-state index contributed by atoms with van der Waals surface area (Å²) in [5, 5.41) is 0. The number of carbonyl (C=O) groups excluding carboxylic acids is 1. The van der Waals surface area contributed by atoms with Crippen LogP contribution >= 0.6 is 0 Å². The summed E-state index contributed by atoms with van der Waals surface area (Å²) in [6.45, 7) is 4.09. The largest absolute Gasteiger partial charge is 0.493 e. The molecule has 0 saturated carbocycles. The lowest BCUT2D eigenvalue weighted by molar-refractivity contribution is 0.0669. The number of hydrogen-bond acceptors (Lipinski definition) is 5. The lowest BCUT2D eigenvalue weighted by Gasteiger charge is -2.36. The maximum atomic E-state index is 13.2. The first-order valence-electron chi connectivity index (χ1n) is 10.5. The van der Waals surface area contributed by atoms with Crippen LogP contribution < -0.4 is 14.2 Å². The van der Waals surface area contributed by atoms with Crippen LogP contribution in [0.15, 0.2) is 36.4 Å². The van der Waals surface area contributed by atoms with E-state index in [-0.39, 0.29) is 18.1 Å². The third kappa shape index (κ3) is 4.10. The van der Waals surface area contributed by atoms with Crippen LogP contribution in [-0.4, -0.2) is 50.9 Å². The zero-order valence-electron chi connectivity index (χ0n) is 17.8. The first-order valence-corrected chi connectivity index (χ1v) is 10.5. The summed E-state index contributed by atoms with van der Waals surface area (Å²) in [6.07, 6.45) is 3.10. The number of rotatable bonds is 6. The van der Waals surface area contributed by atoms with Gasteiger partial charge in [0.25, 0.3) is 5.91 Å². The van der Waals surface area contributed by atoms with E-state index in [1.807, 2.05) is 41.3 Å². The maximum Gasteiger partial charge on any atom is 0.254 e. The van der Waals surface area contributed by atoms with Crippen molar-refractivity contribution in [3.8, 4) is 17.2 Å². The Bertz CT molecular complexity index is 889. The molecule has 2 aromatic rings. The molecule has 0 radical (unpaired) electrons. The van der Waals surface area contributed by atoms with E-state index in [1.54, 1.807) is 14.2 Å². The zero-order valence-corrected chi connectivity index (χ0v) is 17.8. The van der Waals surface area contributed by atoms with Crippen molar-refractivity contribution in [2.24, 2.45) is 0 Å². The standard InChI is InChI=1S/C24H29NO5/c1-16-21-14-23(28-3)22(27-2)13-18(21)10-11-25(16)24(26)17-6-8-19(9-7-17)30-15-20-5-4-12-29-20/h6-9,13-14,16,20H,4-5,10-12,15H2,1-3H3/t16-,20+/m1/s1. The molecule has 30 heavy (non-hydrogen) atoms. The Morgan fingerprint density at radius 1 is 1.13 bits per heavy atom. The molecule has 0 N–H and O–H groups in total. The monoisotopic (exact) mass is 411 g/mol. The SMILES string of the molecule is COc1cc2c(cc1OC)[C@@H](C)N(C(=O)c1ccc(OC[C@@H]3CCCO3)cc1)CC2. The van der Waals surface area contributed by atoms with Crippen molar-refractivity contribution in [1.29, 1.82) is 0 Å². The van der Waals surface area contributed by atoms with E-state index in [9.17, 15) is 4.79 Å². The minimum atomic E-state index is -0.0449. The Balaban J connectivity index is 1.45. The van der Waals surface area contributed by atoms with Gasteiger partial charge in [-0.05, 0) is 73.7 Å². The summed E-state index contributed by atoms with van der Waals surface area (Å²) in [6, 6.07) is 11.4. The summed E-state index contributed by atoms with van der Waals surface area (Å²) in [5.41, 5.74) is 2.96. The molecule has 2 aliphatic heterocycles. The van der Waals surface area contributed by atoms with Gasteiger partial charge in [-0.2, -0.15) is 0 Å². The molecule has 2 aromatic carbocycles. The van der Waals surface area contributed by atoms with Crippen molar-refractivity contribution < 1.29 is 23.7 Å². The molecule has 0 aromatic heterocycles. The molecule has 0 aliphatic carbocycles. The Kier molecular flexibility index (Phi) is 6.13. The van der Waals surface area contributed by atoms with Gasteiger partial charge in [-0.3, -0.25) is 4.79 Å². The quantitative estimate of drug-likeness (QED) is 0.719. The normalized spacial score (nSPS) is 20.6. The topological polar surface area (TPSA) is 57.2 Å². The van der Waals surface area contributed by atoms with Gasteiger partial charge >= 0.3 is 0 Å². The smallest absolute Gasteiger partial charge is 0.254 e. The van der Waals surface area contributed by atoms with Crippen molar-refractivity contribution in [2.75, 3.05) is 34.0 Å². The van der Waals surface area contributed by atoms with Crippen LogP contribution in [-0.2, 0) is 11.2 Å². The van der Waals surface area contributed by atoms with E-state index >= 15 is 0 Å². The van der Waals surface area contributed by atoms with Crippen LogP contribution in [0, 0.1) is 0 Å². The van der Waals surface area contributed by atoms with Crippen molar-refractivity contribution in [1.82, 2.24) is 4.90 Å². The first-order chi connectivity index (χ1) is 14.6. The summed E-state index contributed by atoms with van der Waals surface area (Å²) in [4.78, 5) is 15.1. The first kappa shape index (κ1) is 20.5. The van der Waals surface area contributed by atoms with Crippen molar-refractivity contribution >= 4 is 5.91 Å². The van der Waals surface area contributed by atoms with E-state index in [2.05, 4.69) is 6.92 Å². The van der Waals surface area contributed by atoms with Crippen LogP contribution in [0.3, 0.4) is 0 Å². The molecule has 0 bridgehead atoms. The van der Waals surface area contributed by atoms with Crippen molar-refractivity contribution in [3.63, 3.8) is 0 Å². The molecular weight excluding hydrogens is 382 g/mol. The number of amides is 1. The number of hydrogen-bond donors (Lipinski definition) is 0. The fourth-order valence-electron chi connectivity index (χ4n) is 4.25. The van der Waals surface area contributed by atoms with Crippen molar-refractivity contribution in [3.05, 3.63) is 53.1 Å². The molecular formula is C24H29NO5. The molecule has 1 amide bonds. The van der Waals surface area contributed by atoms with Crippen LogP contribution in [0.2, 0.25) is 0 Å². The molecule has 6 nitrogen and oxygen atoms in total. The molecule has 2 atom stereocenters. The number of ether oxygens (including phenoxy) is 4. The van der Waals surface area contributed by atoms with E-state index < -0.39 is 0 Å². The highest BCUT2D eigenvalue weighted by Crippen LogP contribution is 2.38. The van der Waals surface area contributed by atoms with Gasteiger partial charge in [-0.15, -0.1) is 0 Å². The Labute approximate surface area is 177 Å². The molecule has 160 valence electrons.